The van der Waals surface area contributed by atoms with Crippen LogP contribution in [0.3, 0.4) is 0 Å². The number of nitrogens with zero attached hydrogens (tertiary/aromatic N) is 1. The molecule has 26 heavy (non-hydrogen) atoms. The number of ether oxygens (including phenoxy) is 2. The van der Waals surface area contributed by atoms with E-state index in [4.69, 9.17) is 9.47 Å². The number of hydrogen-bond acceptors (Lipinski definition) is 5. The molecule has 0 spiro atoms. The van der Waals surface area contributed by atoms with E-state index in [2.05, 4.69) is 0 Å². The molecule has 1 N–H and O–H groups in total. The van der Waals surface area contributed by atoms with Crippen molar-refractivity contribution < 1.29 is 19.4 Å². The molecule has 3 atom stereocenters. The first-order chi connectivity index (χ1) is 12.5. The lowest BCUT2D eigenvalue weighted by atomic mass is 10.1. The molecule has 1 fully saturated rings. The number of β-amino-alcohol motifs (C(OH)–C–C–N with tert-alkyl or cyclic N) is 1. The van der Waals surface area contributed by atoms with Crippen molar-refractivity contribution in [3.8, 4) is 11.5 Å². The van der Waals surface area contributed by atoms with Gasteiger partial charge in [0.2, 0.25) is 5.91 Å². The van der Waals surface area contributed by atoms with Gasteiger partial charge in [-0.15, -0.1) is 11.8 Å². The summed E-state index contributed by atoms with van der Waals surface area (Å²) in [6.07, 6.45) is -0.728. The Bertz CT molecular complexity index is 768. The number of amides is 1. The van der Waals surface area contributed by atoms with Crippen LogP contribution in [0.2, 0.25) is 0 Å². The maximum absolute atomic E-state index is 12.7. The molecule has 0 bridgehead atoms. The van der Waals surface area contributed by atoms with Crippen LogP contribution in [0.1, 0.15) is 29.5 Å². The Morgan fingerprint density at radius 1 is 1.12 bits per heavy atom. The predicted molar refractivity (Wildman–Crippen MR) is 102 cm³/mol. The Morgan fingerprint density at radius 3 is 2.46 bits per heavy atom. The summed E-state index contributed by atoms with van der Waals surface area (Å²) in [7, 11) is 3.18. The van der Waals surface area contributed by atoms with Gasteiger partial charge in [0.1, 0.15) is 5.37 Å². The Kier molecular flexibility index (Phi) is 5.74. The molecule has 1 amide bonds. The summed E-state index contributed by atoms with van der Waals surface area (Å²) in [5.41, 5.74) is 1.75. The van der Waals surface area contributed by atoms with Crippen molar-refractivity contribution in [3.63, 3.8) is 0 Å². The first-order valence-corrected chi connectivity index (χ1v) is 9.40. The van der Waals surface area contributed by atoms with Crippen LogP contribution in [0, 0.1) is 0 Å². The second-order valence-electron chi connectivity index (χ2n) is 6.16. The minimum absolute atomic E-state index is 0.0322. The second-order valence-corrected chi connectivity index (χ2v) is 7.59. The van der Waals surface area contributed by atoms with E-state index in [0.29, 0.717) is 11.5 Å². The molecule has 1 heterocycles. The zero-order valence-electron chi connectivity index (χ0n) is 15.1. The van der Waals surface area contributed by atoms with Crippen molar-refractivity contribution in [3.05, 3.63) is 59.7 Å². The van der Waals surface area contributed by atoms with E-state index in [9.17, 15) is 9.90 Å². The lowest BCUT2D eigenvalue weighted by Gasteiger charge is -2.27. The van der Waals surface area contributed by atoms with Gasteiger partial charge in [0, 0.05) is 0 Å². The van der Waals surface area contributed by atoms with Gasteiger partial charge in [0.05, 0.1) is 32.1 Å². The summed E-state index contributed by atoms with van der Waals surface area (Å²) in [6, 6.07) is 15.1. The molecular formula is C20H23NO4S. The van der Waals surface area contributed by atoms with Crippen LogP contribution in [-0.2, 0) is 4.79 Å². The van der Waals surface area contributed by atoms with Gasteiger partial charge in [-0.1, -0.05) is 36.4 Å². The fourth-order valence-corrected chi connectivity index (χ4v) is 4.37. The lowest BCUT2D eigenvalue weighted by molar-refractivity contribution is -0.131. The third-order valence-electron chi connectivity index (χ3n) is 4.49. The highest BCUT2D eigenvalue weighted by atomic mass is 32.2. The monoisotopic (exact) mass is 373 g/mol. The first-order valence-electron chi connectivity index (χ1n) is 8.46. The normalized spacial score (nSPS) is 20.9. The number of rotatable bonds is 6. The standard InChI is InChI=1S/C20H23NO4S/c1-13-19(23)21(12-16(22)14-7-5-4-6-8-14)20(26-13)15-9-10-17(24-2)18(11-15)25-3/h4-11,13,16,20,22H,12H2,1-3H3/t13-,16+,20-/m1/s1. The molecule has 1 aliphatic heterocycles. The zero-order chi connectivity index (χ0) is 18.7. The zero-order valence-corrected chi connectivity index (χ0v) is 15.9. The van der Waals surface area contributed by atoms with Gasteiger partial charge >= 0.3 is 0 Å². The minimum Gasteiger partial charge on any atom is -0.493 e. The molecule has 0 aliphatic carbocycles. The predicted octanol–water partition coefficient (Wildman–Crippen LogP) is 3.40. The third kappa shape index (κ3) is 3.66. The molecule has 2 aromatic carbocycles. The maximum Gasteiger partial charge on any atom is 0.236 e. The number of aliphatic hydroxyl groups excluding tert-OH is 1. The molecule has 3 rings (SSSR count). The Labute approximate surface area is 157 Å². The van der Waals surface area contributed by atoms with Crippen LogP contribution in [-0.4, -0.2) is 41.9 Å². The largest absolute Gasteiger partial charge is 0.493 e. The summed E-state index contributed by atoms with van der Waals surface area (Å²) in [5.74, 6) is 1.31. The van der Waals surface area contributed by atoms with Crippen LogP contribution in [0.25, 0.3) is 0 Å². The van der Waals surface area contributed by atoms with Crippen LogP contribution >= 0.6 is 11.8 Å². The summed E-state index contributed by atoms with van der Waals surface area (Å²) in [5, 5.41) is 10.3. The molecule has 0 unspecified atom stereocenters. The van der Waals surface area contributed by atoms with Gasteiger partial charge in [-0.05, 0) is 30.2 Å². The van der Waals surface area contributed by atoms with Gasteiger partial charge in [-0.3, -0.25) is 4.79 Å². The van der Waals surface area contributed by atoms with Gasteiger partial charge < -0.3 is 19.5 Å². The maximum atomic E-state index is 12.7. The van der Waals surface area contributed by atoms with Crippen molar-refractivity contribution >= 4 is 17.7 Å². The molecule has 138 valence electrons. The quantitative estimate of drug-likeness (QED) is 0.841. The van der Waals surface area contributed by atoms with E-state index in [1.807, 2.05) is 55.5 Å². The summed E-state index contributed by atoms with van der Waals surface area (Å²) < 4.78 is 10.7. The minimum atomic E-state index is -0.728. The number of methoxy groups -OCH3 is 2. The van der Waals surface area contributed by atoms with E-state index in [1.54, 1.807) is 30.9 Å². The second kappa shape index (κ2) is 8.01. The smallest absolute Gasteiger partial charge is 0.236 e. The van der Waals surface area contributed by atoms with Crippen molar-refractivity contribution in [2.45, 2.75) is 23.7 Å². The fraction of sp³-hybridized carbons (Fsp3) is 0.350. The van der Waals surface area contributed by atoms with E-state index in [-0.39, 0.29) is 23.1 Å². The Balaban J connectivity index is 1.87. The van der Waals surface area contributed by atoms with Crippen LogP contribution in [0.15, 0.2) is 48.5 Å². The van der Waals surface area contributed by atoms with Crippen molar-refractivity contribution in [1.82, 2.24) is 4.90 Å². The highest BCUT2D eigenvalue weighted by Gasteiger charge is 2.39. The highest BCUT2D eigenvalue weighted by Crippen LogP contribution is 2.45. The number of aliphatic hydroxyl groups is 1. The van der Waals surface area contributed by atoms with Gasteiger partial charge in [0.15, 0.2) is 11.5 Å². The third-order valence-corrected chi connectivity index (χ3v) is 5.89. The number of thioether (sulfide) groups is 1. The molecule has 0 radical (unpaired) electrons. The molecular weight excluding hydrogens is 350 g/mol. The average Bonchev–Trinajstić information content (AvgIpc) is 2.96. The number of carbonyl (C=O) groups is 1. The van der Waals surface area contributed by atoms with E-state index in [1.165, 1.54) is 0 Å². The van der Waals surface area contributed by atoms with Crippen molar-refractivity contribution in [2.24, 2.45) is 0 Å². The van der Waals surface area contributed by atoms with E-state index >= 15 is 0 Å². The molecule has 2 aromatic rings. The van der Waals surface area contributed by atoms with Crippen LogP contribution in [0.4, 0.5) is 0 Å². The number of benzene rings is 2. The van der Waals surface area contributed by atoms with Gasteiger partial charge in [0.25, 0.3) is 0 Å². The fourth-order valence-electron chi connectivity index (χ4n) is 3.09. The number of carbonyl (C=O) groups excluding carboxylic acids is 1. The topological polar surface area (TPSA) is 59.0 Å². The molecule has 1 saturated heterocycles. The Hall–Kier alpha value is -2.18. The first kappa shape index (κ1) is 18.6. The molecule has 6 heteroatoms. The SMILES string of the molecule is COc1ccc([C@H]2S[C@H](C)C(=O)N2C[C@H](O)c2ccccc2)cc1OC. The lowest BCUT2D eigenvalue weighted by Crippen LogP contribution is -2.34. The van der Waals surface area contributed by atoms with Crippen LogP contribution in [0.5, 0.6) is 11.5 Å². The van der Waals surface area contributed by atoms with Crippen LogP contribution < -0.4 is 9.47 Å². The number of hydrogen-bond donors (Lipinski definition) is 1. The van der Waals surface area contributed by atoms with Gasteiger partial charge in [-0.25, -0.2) is 0 Å². The average molecular weight is 373 g/mol. The highest BCUT2D eigenvalue weighted by molar-refractivity contribution is 8.01. The Morgan fingerprint density at radius 2 is 1.81 bits per heavy atom. The van der Waals surface area contributed by atoms with E-state index in [0.717, 1.165) is 11.1 Å². The summed E-state index contributed by atoms with van der Waals surface area (Å²) in [4.78, 5) is 14.4. The van der Waals surface area contributed by atoms with Gasteiger partial charge in [-0.2, -0.15) is 0 Å². The molecule has 5 nitrogen and oxygen atoms in total. The van der Waals surface area contributed by atoms with E-state index < -0.39 is 6.10 Å². The van der Waals surface area contributed by atoms with Crippen molar-refractivity contribution in [2.75, 3.05) is 20.8 Å². The molecule has 0 saturated carbocycles. The summed E-state index contributed by atoms with van der Waals surface area (Å²) in [6.45, 7) is 2.15. The summed E-state index contributed by atoms with van der Waals surface area (Å²) >= 11 is 1.57. The van der Waals surface area contributed by atoms with Crippen molar-refractivity contribution in [1.29, 1.82) is 0 Å². The molecule has 0 aromatic heterocycles. The molecule has 1 aliphatic rings.